The van der Waals surface area contributed by atoms with Crippen LogP contribution < -0.4 is 4.74 Å². The molecule has 2 fully saturated rings. The van der Waals surface area contributed by atoms with Gasteiger partial charge in [0, 0.05) is 24.7 Å². The largest absolute Gasteiger partial charge is 0.490 e. The van der Waals surface area contributed by atoms with Crippen LogP contribution in [0.25, 0.3) is 0 Å². The Morgan fingerprint density at radius 2 is 1.88 bits per heavy atom. The fourth-order valence-electron chi connectivity index (χ4n) is 3.81. The molecule has 2 saturated heterocycles. The number of hydrogen-bond donors (Lipinski definition) is 1. The van der Waals surface area contributed by atoms with Gasteiger partial charge in [0.05, 0.1) is 18.8 Å². The number of nitrogens with zero attached hydrogens (tertiary/aromatic N) is 2. The van der Waals surface area contributed by atoms with Crippen LogP contribution in [0.5, 0.6) is 5.88 Å². The molecule has 2 atom stereocenters. The van der Waals surface area contributed by atoms with E-state index in [2.05, 4.69) is 4.98 Å². The average molecular weight is 470 g/mol. The number of amides is 1. The number of pyridine rings is 1. The van der Waals surface area contributed by atoms with Crippen LogP contribution in [0.2, 0.25) is 0 Å². The topological polar surface area (TPSA) is 89.0 Å². The summed E-state index contributed by atoms with van der Waals surface area (Å²) in [5, 5.41) is 7.12. The van der Waals surface area contributed by atoms with Crippen molar-refractivity contribution in [1.82, 2.24) is 9.88 Å². The second-order valence-electron chi connectivity index (χ2n) is 7.73. The number of benzene rings is 1. The number of carbonyl (C=O) groups is 2. The number of halogens is 4. The van der Waals surface area contributed by atoms with Crippen molar-refractivity contribution < 1.29 is 41.7 Å². The van der Waals surface area contributed by atoms with Crippen LogP contribution in [-0.2, 0) is 9.53 Å². The number of rotatable bonds is 3. The van der Waals surface area contributed by atoms with Crippen LogP contribution in [0, 0.1) is 5.82 Å². The Bertz CT molecular complexity index is 973. The Hall–Kier alpha value is -3.21. The molecular weight excluding hydrogens is 448 g/mol. The summed E-state index contributed by atoms with van der Waals surface area (Å²) in [5.41, 5.74) is 0.268. The zero-order valence-electron chi connectivity index (χ0n) is 17.4. The van der Waals surface area contributed by atoms with E-state index in [-0.39, 0.29) is 17.9 Å². The molecule has 1 aromatic carbocycles. The highest BCUT2D eigenvalue weighted by Gasteiger charge is 2.45. The lowest BCUT2D eigenvalue weighted by atomic mass is 9.89. The van der Waals surface area contributed by atoms with Gasteiger partial charge >= 0.3 is 12.1 Å². The zero-order valence-corrected chi connectivity index (χ0v) is 17.4. The molecule has 4 rings (SSSR count). The molecule has 0 bridgehead atoms. The van der Waals surface area contributed by atoms with Gasteiger partial charge in [-0.1, -0.05) is 18.2 Å². The first-order valence-corrected chi connectivity index (χ1v) is 10.2. The molecule has 0 aliphatic carbocycles. The second kappa shape index (κ2) is 10.2. The lowest BCUT2D eigenvalue weighted by molar-refractivity contribution is -0.192. The van der Waals surface area contributed by atoms with E-state index in [1.807, 2.05) is 35.2 Å². The van der Waals surface area contributed by atoms with Gasteiger partial charge in [-0.2, -0.15) is 13.2 Å². The fourth-order valence-corrected chi connectivity index (χ4v) is 3.81. The van der Waals surface area contributed by atoms with Gasteiger partial charge in [-0.25, -0.2) is 14.2 Å². The highest BCUT2D eigenvalue weighted by molar-refractivity contribution is 5.94. The van der Waals surface area contributed by atoms with Crippen LogP contribution in [-0.4, -0.2) is 64.4 Å². The SMILES string of the molecule is O=C(O)C(F)(F)F.O=C(c1ccccc1)N1CCC[C@]2(C[C@@H](Oc3ncccc3F)CO2)C1. The molecule has 1 aromatic heterocycles. The van der Waals surface area contributed by atoms with Gasteiger partial charge in [0.25, 0.3) is 11.8 Å². The smallest absolute Gasteiger partial charge is 0.475 e. The molecule has 1 amide bonds. The quantitative estimate of drug-likeness (QED) is 0.689. The molecule has 2 aliphatic rings. The number of alkyl halides is 3. The first-order chi connectivity index (χ1) is 15.6. The van der Waals surface area contributed by atoms with Crippen molar-refractivity contribution in [2.24, 2.45) is 0 Å². The molecule has 1 N–H and O–H groups in total. The number of ether oxygens (including phenoxy) is 2. The number of carboxylic acid groups (broad SMARTS) is 1. The molecule has 0 unspecified atom stereocenters. The molecule has 7 nitrogen and oxygen atoms in total. The number of carbonyl (C=O) groups excluding carboxylic acids is 1. The van der Waals surface area contributed by atoms with Gasteiger partial charge in [-0.05, 0) is 37.1 Å². The van der Waals surface area contributed by atoms with Crippen molar-refractivity contribution in [1.29, 1.82) is 0 Å². The molecule has 178 valence electrons. The summed E-state index contributed by atoms with van der Waals surface area (Å²) in [6, 6.07) is 12.1. The highest BCUT2D eigenvalue weighted by atomic mass is 19.4. The summed E-state index contributed by atoms with van der Waals surface area (Å²) in [4.78, 5) is 27.4. The fraction of sp³-hybridized carbons (Fsp3) is 0.409. The maximum Gasteiger partial charge on any atom is 0.490 e. The zero-order chi connectivity index (χ0) is 24.1. The number of piperidine rings is 1. The molecule has 3 heterocycles. The molecule has 2 aliphatic heterocycles. The Morgan fingerprint density at radius 1 is 1.18 bits per heavy atom. The van der Waals surface area contributed by atoms with Crippen LogP contribution in [0.4, 0.5) is 17.6 Å². The van der Waals surface area contributed by atoms with E-state index in [0.717, 1.165) is 19.4 Å². The molecule has 0 radical (unpaired) electrons. The second-order valence-corrected chi connectivity index (χ2v) is 7.73. The van der Waals surface area contributed by atoms with Crippen LogP contribution in [0.15, 0.2) is 48.7 Å². The number of hydrogen-bond acceptors (Lipinski definition) is 5. The highest BCUT2D eigenvalue weighted by Crippen LogP contribution is 2.36. The molecule has 1 spiro atoms. The van der Waals surface area contributed by atoms with E-state index in [1.165, 1.54) is 18.3 Å². The summed E-state index contributed by atoms with van der Waals surface area (Å²) < 4.78 is 57.2. The Morgan fingerprint density at radius 3 is 2.52 bits per heavy atom. The lowest BCUT2D eigenvalue weighted by Crippen LogP contribution is -2.50. The Balaban J connectivity index is 0.000000383. The average Bonchev–Trinajstić information content (AvgIpc) is 3.16. The van der Waals surface area contributed by atoms with Crippen molar-refractivity contribution >= 4 is 11.9 Å². The minimum atomic E-state index is -5.08. The first-order valence-electron chi connectivity index (χ1n) is 10.2. The number of aliphatic carboxylic acids is 1. The summed E-state index contributed by atoms with van der Waals surface area (Å²) >= 11 is 0. The van der Waals surface area contributed by atoms with Crippen molar-refractivity contribution in [2.75, 3.05) is 19.7 Å². The van der Waals surface area contributed by atoms with Crippen molar-refractivity contribution in [3.8, 4) is 5.88 Å². The minimum Gasteiger partial charge on any atom is -0.475 e. The molecule has 33 heavy (non-hydrogen) atoms. The molecule has 0 saturated carbocycles. The molecular formula is C22H22F4N2O5. The van der Waals surface area contributed by atoms with Gasteiger partial charge in [-0.3, -0.25) is 4.79 Å². The van der Waals surface area contributed by atoms with Crippen molar-refractivity contribution in [3.63, 3.8) is 0 Å². The predicted molar refractivity (Wildman–Crippen MR) is 107 cm³/mol. The van der Waals surface area contributed by atoms with Gasteiger partial charge in [0.15, 0.2) is 5.82 Å². The number of likely N-dealkylation sites (tertiary alicyclic amines) is 1. The van der Waals surface area contributed by atoms with E-state index < -0.39 is 23.6 Å². The summed E-state index contributed by atoms with van der Waals surface area (Å²) in [7, 11) is 0. The minimum absolute atomic E-state index is 0.00572. The number of aromatic nitrogens is 1. The third kappa shape index (κ3) is 6.41. The third-order valence-corrected chi connectivity index (χ3v) is 5.27. The summed E-state index contributed by atoms with van der Waals surface area (Å²) in [6.07, 6.45) is -1.46. The van der Waals surface area contributed by atoms with Gasteiger partial charge < -0.3 is 19.5 Å². The Kier molecular flexibility index (Phi) is 7.52. The van der Waals surface area contributed by atoms with Crippen LogP contribution in [0.1, 0.15) is 29.6 Å². The van der Waals surface area contributed by atoms with E-state index in [9.17, 15) is 22.4 Å². The van der Waals surface area contributed by atoms with E-state index >= 15 is 0 Å². The van der Waals surface area contributed by atoms with Gasteiger partial charge in [0.1, 0.15) is 6.10 Å². The predicted octanol–water partition coefficient (Wildman–Crippen LogP) is 3.70. The Labute approximate surface area is 186 Å². The summed E-state index contributed by atoms with van der Waals surface area (Å²) in [6.45, 7) is 1.63. The maximum atomic E-state index is 13.8. The van der Waals surface area contributed by atoms with E-state index in [1.54, 1.807) is 0 Å². The maximum absolute atomic E-state index is 13.8. The standard InChI is InChI=1S/C20H21FN2O3.C2HF3O2/c21-17-8-4-10-22-18(17)26-16-12-20(25-13-16)9-5-11-23(14-20)19(24)15-6-2-1-3-7-15;3-2(4,5)1(6)7/h1-4,6-8,10,16H,5,9,11-14H2;(H,6,7)/t16-,20+;/m1./s1. The van der Waals surface area contributed by atoms with Crippen LogP contribution in [0.3, 0.4) is 0 Å². The third-order valence-electron chi connectivity index (χ3n) is 5.27. The van der Waals surface area contributed by atoms with Gasteiger partial charge in [0.2, 0.25) is 0 Å². The molecule has 11 heteroatoms. The van der Waals surface area contributed by atoms with Gasteiger partial charge in [-0.15, -0.1) is 0 Å². The van der Waals surface area contributed by atoms with Crippen molar-refractivity contribution in [2.45, 2.75) is 37.1 Å². The normalized spacial score (nSPS) is 22.4. The van der Waals surface area contributed by atoms with Crippen molar-refractivity contribution in [3.05, 3.63) is 60.0 Å². The summed E-state index contributed by atoms with van der Waals surface area (Å²) in [5.74, 6) is -3.20. The lowest BCUT2D eigenvalue weighted by Gasteiger charge is -2.39. The van der Waals surface area contributed by atoms with Crippen LogP contribution >= 0.6 is 0 Å². The van der Waals surface area contributed by atoms with E-state index in [0.29, 0.717) is 25.1 Å². The molecule has 2 aromatic rings. The monoisotopic (exact) mass is 470 g/mol. The van der Waals surface area contributed by atoms with E-state index in [4.69, 9.17) is 19.4 Å². The first kappa shape index (κ1) is 24.4. The number of carboxylic acids is 1.